The standard InChI is InChI=1S/C12H23NO2/c1-8(11-6-4-5-7-11)10(3)15-12(14)9(2)13/h8-11H,4-7,13H2,1-3H3/t8-,9-,10+/m0/s1. The Balaban J connectivity index is 2.38. The second-order valence-electron chi connectivity index (χ2n) is 4.83. The Bertz CT molecular complexity index is 210. The van der Waals surface area contributed by atoms with Crippen LogP contribution < -0.4 is 5.73 Å². The Labute approximate surface area is 92.4 Å². The van der Waals surface area contributed by atoms with E-state index in [0.717, 1.165) is 5.92 Å². The molecule has 1 aliphatic carbocycles. The predicted molar refractivity (Wildman–Crippen MR) is 60.3 cm³/mol. The van der Waals surface area contributed by atoms with Gasteiger partial charge in [0.15, 0.2) is 0 Å². The molecule has 0 aliphatic heterocycles. The van der Waals surface area contributed by atoms with Gasteiger partial charge < -0.3 is 10.5 Å². The molecule has 0 aromatic heterocycles. The molecule has 0 aromatic rings. The van der Waals surface area contributed by atoms with Crippen molar-refractivity contribution in [2.75, 3.05) is 0 Å². The van der Waals surface area contributed by atoms with E-state index in [0.29, 0.717) is 5.92 Å². The molecule has 0 bridgehead atoms. The Kier molecular flexibility index (Phi) is 4.58. The molecular formula is C12H23NO2. The van der Waals surface area contributed by atoms with E-state index in [4.69, 9.17) is 10.5 Å². The molecule has 1 aliphatic rings. The van der Waals surface area contributed by atoms with Crippen molar-refractivity contribution < 1.29 is 9.53 Å². The molecule has 0 aromatic carbocycles. The number of hydrogen-bond acceptors (Lipinski definition) is 3. The first kappa shape index (κ1) is 12.5. The van der Waals surface area contributed by atoms with Crippen LogP contribution in [0.5, 0.6) is 0 Å². The lowest BCUT2D eigenvalue weighted by Gasteiger charge is -2.26. The smallest absolute Gasteiger partial charge is 0.322 e. The van der Waals surface area contributed by atoms with Gasteiger partial charge in [-0.3, -0.25) is 4.79 Å². The van der Waals surface area contributed by atoms with Crippen LogP contribution in [0.1, 0.15) is 46.5 Å². The molecule has 3 nitrogen and oxygen atoms in total. The lowest BCUT2D eigenvalue weighted by molar-refractivity contribution is -0.152. The monoisotopic (exact) mass is 213 g/mol. The maximum Gasteiger partial charge on any atom is 0.322 e. The minimum absolute atomic E-state index is 0.00778. The Morgan fingerprint density at radius 3 is 2.27 bits per heavy atom. The third-order valence-corrected chi connectivity index (χ3v) is 3.56. The van der Waals surface area contributed by atoms with E-state index in [1.807, 2.05) is 6.92 Å². The summed E-state index contributed by atoms with van der Waals surface area (Å²) >= 11 is 0. The van der Waals surface area contributed by atoms with Crippen molar-refractivity contribution in [1.82, 2.24) is 0 Å². The normalized spacial score (nSPS) is 23.5. The van der Waals surface area contributed by atoms with E-state index in [9.17, 15) is 4.79 Å². The molecule has 15 heavy (non-hydrogen) atoms. The molecule has 0 amide bonds. The quantitative estimate of drug-likeness (QED) is 0.727. The van der Waals surface area contributed by atoms with Crippen molar-refractivity contribution in [3.8, 4) is 0 Å². The van der Waals surface area contributed by atoms with Crippen LogP contribution >= 0.6 is 0 Å². The van der Waals surface area contributed by atoms with E-state index in [1.54, 1.807) is 6.92 Å². The molecule has 88 valence electrons. The molecule has 1 fully saturated rings. The zero-order chi connectivity index (χ0) is 11.4. The van der Waals surface area contributed by atoms with Gasteiger partial charge in [0.25, 0.3) is 0 Å². The van der Waals surface area contributed by atoms with E-state index >= 15 is 0 Å². The lowest BCUT2D eigenvalue weighted by atomic mass is 9.88. The van der Waals surface area contributed by atoms with Crippen molar-refractivity contribution in [3.05, 3.63) is 0 Å². The second kappa shape index (κ2) is 5.50. The largest absolute Gasteiger partial charge is 0.461 e. The Hall–Kier alpha value is -0.570. The topological polar surface area (TPSA) is 52.3 Å². The van der Waals surface area contributed by atoms with Gasteiger partial charge in [-0.2, -0.15) is 0 Å². The van der Waals surface area contributed by atoms with Crippen molar-refractivity contribution in [2.45, 2.75) is 58.6 Å². The maximum absolute atomic E-state index is 11.3. The highest BCUT2D eigenvalue weighted by Gasteiger charge is 2.28. The SMILES string of the molecule is C[C@H](N)C(=O)O[C@H](C)[C@H](C)C1CCCC1. The van der Waals surface area contributed by atoms with Gasteiger partial charge in [-0.15, -0.1) is 0 Å². The van der Waals surface area contributed by atoms with Crippen LogP contribution in [0.4, 0.5) is 0 Å². The molecule has 0 heterocycles. The summed E-state index contributed by atoms with van der Waals surface area (Å²) in [4.78, 5) is 11.3. The van der Waals surface area contributed by atoms with E-state index in [2.05, 4.69) is 6.92 Å². The summed E-state index contributed by atoms with van der Waals surface area (Å²) in [6.45, 7) is 5.81. The highest BCUT2D eigenvalue weighted by atomic mass is 16.5. The fraction of sp³-hybridized carbons (Fsp3) is 0.917. The summed E-state index contributed by atoms with van der Waals surface area (Å²) < 4.78 is 5.32. The first-order chi connectivity index (χ1) is 7.02. The number of ether oxygens (including phenoxy) is 1. The van der Waals surface area contributed by atoms with Crippen LogP contribution in [0.15, 0.2) is 0 Å². The third-order valence-electron chi connectivity index (χ3n) is 3.56. The average molecular weight is 213 g/mol. The Morgan fingerprint density at radius 2 is 1.80 bits per heavy atom. The summed E-state index contributed by atoms with van der Waals surface area (Å²) in [5.74, 6) is 0.892. The molecular weight excluding hydrogens is 190 g/mol. The van der Waals surface area contributed by atoms with Crippen LogP contribution in [0, 0.1) is 11.8 Å². The first-order valence-electron chi connectivity index (χ1n) is 5.98. The molecule has 0 saturated heterocycles. The third kappa shape index (κ3) is 3.49. The first-order valence-corrected chi connectivity index (χ1v) is 5.98. The van der Waals surface area contributed by atoms with Crippen LogP contribution in [0.3, 0.4) is 0 Å². The predicted octanol–water partition coefficient (Wildman–Crippen LogP) is 2.09. The van der Waals surface area contributed by atoms with Crippen molar-refractivity contribution in [2.24, 2.45) is 17.6 Å². The van der Waals surface area contributed by atoms with Crippen molar-refractivity contribution >= 4 is 5.97 Å². The highest BCUT2D eigenvalue weighted by molar-refractivity contribution is 5.75. The average Bonchev–Trinajstić information content (AvgIpc) is 2.68. The summed E-state index contributed by atoms with van der Waals surface area (Å²) in [6.07, 6.45) is 5.20. The molecule has 0 radical (unpaired) electrons. The molecule has 1 rings (SSSR count). The molecule has 0 unspecified atom stereocenters. The zero-order valence-electron chi connectivity index (χ0n) is 10.0. The Morgan fingerprint density at radius 1 is 1.27 bits per heavy atom. The summed E-state index contributed by atoms with van der Waals surface area (Å²) in [5, 5.41) is 0. The minimum Gasteiger partial charge on any atom is -0.461 e. The second-order valence-corrected chi connectivity index (χ2v) is 4.83. The fourth-order valence-corrected chi connectivity index (χ4v) is 2.26. The van der Waals surface area contributed by atoms with Gasteiger partial charge in [0, 0.05) is 0 Å². The van der Waals surface area contributed by atoms with Gasteiger partial charge in [-0.05, 0) is 25.7 Å². The van der Waals surface area contributed by atoms with Gasteiger partial charge in [0.1, 0.15) is 12.1 Å². The lowest BCUT2D eigenvalue weighted by Crippen LogP contribution is -2.34. The number of carbonyl (C=O) groups is 1. The number of nitrogens with two attached hydrogens (primary N) is 1. The van der Waals surface area contributed by atoms with Gasteiger partial charge in [0.2, 0.25) is 0 Å². The number of esters is 1. The molecule has 3 heteroatoms. The molecule has 2 N–H and O–H groups in total. The van der Waals surface area contributed by atoms with Crippen molar-refractivity contribution in [1.29, 1.82) is 0 Å². The maximum atomic E-state index is 11.3. The van der Waals surface area contributed by atoms with Gasteiger partial charge in [-0.25, -0.2) is 0 Å². The fourth-order valence-electron chi connectivity index (χ4n) is 2.26. The summed E-state index contributed by atoms with van der Waals surface area (Å²) in [7, 11) is 0. The van der Waals surface area contributed by atoms with E-state index < -0.39 is 6.04 Å². The van der Waals surface area contributed by atoms with E-state index in [-0.39, 0.29) is 12.1 Å². The summed E-state index contributed by atoms with van der Waals surface area (Å²) in [5.41, 5.74) is 5.46. The zero-order valence-corrected chi connectivity index (χ0v) is 10.0. The minimum atomic E-state index is -0.511. The van der Waals surface area contributed by atoms with Crippen molar-refractivity contribution in [3.63, 3.8) is 0 Å². The molecule has 0 spiro atoms. The van der Waals surface area contributed by atoms with Crippen LogP contribution in [-0.4, -0.2) is 18.1 Å². The summed E-state index contributed by atoms with van der Waals surface area (Å²) in [6, 6.07) is -0.511. The number of rotatable bonds is 4. The van der Waals surface area contributed by atoms with Gasteiger partial charge in [-0.1, -0.05) is 32.6 Å². The van der Waals surface area contributed by atoms with Crippen LogP contribution in [0.25, 0.3) is 0 Å². The molecule has 1 saturated carbocycles. The molecule has 3 atom stereocenters. The number of hydrogen-bond donors (Lipinski definition) is 1. The number of carbonyl (C=O) groups excluding carboxylic acids is 1. The van der Waals surface area contributed by atoms with Gasteiger partial charge in [0.05, 0.1) is 0 Å². The van der Waals surface area contributed by atoms with E-state index in [1.165, 1.54) is 25.7 Å². The highest BCUT2D eigenvalue weighted by Crippen LogP contribution is 2.33. The van der Waals surface area contributed by atoms with Crippen LogP contribution in [-0.2, 0) is 9.53 Å². The van der Waals surface area contributed by atoms with Crippen LogP contribution in [0.2, 0.25) is 0 Å². The van der Waals surface area contributed by atoms with Gasteiger partial charge >= 0.3 is 5.97 Å².